The van der Waals surface area contributed by atoms with Gasteiger partial charge < -0.3 is 10.2 Å². The van der Waals surface area contributed by atoms with Crippen LogP contribution in [0.4, 0.5) is 0 Å². The van der Waals surface area contributed by atoms with Crippen molar-refractivity contribution in [3.8, 4) is 0 Å². The molecule has 0 aromatic heterocycles. The summed E-state index contributed by atoms with van der Waals surface area (Å²) in [6.07, 6.45) is 5.51. The molecule has 2 aliphatic rings. The van der Waals surface area contributed by atoms with Gasteiger partial charge in [0, 0.05) is 45.4 Å². The fraction of sp³-hybridized carbons (Fsp3) is 0.400. The van der Waals surface area contributed by atoms with Crippen molar-refractivity contribution in [1.29, 1.82) is 0 Å². The lowest BCUT2D eigenvalue weighted by molar-refractivity contribution is -0.828. The molecule has 3 aromatic carbocycles. The topological polar surface area (TPSA) is 49.4 Å². The molecule has 0 spiro atoms. The molecule has 2 heterocycles. The number of fused-ring (bicyclic) bond motifs is 2. The maximum atomic E-state index is 14.9. The van der Waals surface area contributed by atoms with Gasteiger partial charge >= 0.3 is 5.91 Å². The Morgan fingerprint density at radius 3 is 2.14 bits per heavy atom. The van der Waals surface area contributed by atoms with E-state index in [2.05, 4.69) is 41.8 Å². The fourth-order valence-corrected chi connectivity index (χ4v) is 6.15. The number of quaternary nitrogens is 1. The SMILES string of the molecule is CCN(CC)C(=O)C1=C[N+](C(=O)c2c3ccccc3cc3ccccc23)(C2CCNCC2)CCC1. The summed E-state index contributed by atoms with van der Waals surface area (Å²) in [5.41, 5.74) is 1.60. The van der Waals surface area contributed by atoms with Crippen LogP contribution in [0.3, 0.4) is 0 Å². The number of carbonyl (C=O) groups is 2. The van der Waals surface area contributed by atoms with Gasteiger partial charge in [0.2, 0.25) is 0 Å². The van der Waals surface area contributed by atoms with Crippen LogP contribution in [0.1, 0.15) is 49.9 Å². The van der Waals surface area contributed by atoms with Gasteiger partial charge in [-0.3, -0.25) is 4.79 Å². The van der Waals surface area contributed by atoms with Crippen LogP contribution in [-0.2, 0) is 4.79 Å². The van der Waals surface area contributed by atoms with E-state index < -0.39 is 0 Å². The van der Waals surface area contributed by atoms with Gasteiger partial charge in [0.05, 0.1) is 17.7 Å². The number of rotatable bonds is 5. The average Bonchev–Trinajstić information content (AvgIpc) is 2.92. The van der Waals surface area contributed by atoms with Gasteiger partial charge in [-0.2, -0.15) is 0 Å². The minimum absolute atomic E-state index is 0.0849. The van der Waals surface area contributed by atoms with Crippen molar-refractivity contribution in [2.24, 2.45) is 0 Å². The number of hydrogen-bond acceptors (Lipinski definition) is 3. The van der Waals surface area contributed by atoms with Gasteiger partial charge in [0.25, 0.3) is 5.91 Å². The summed E-state index contributed by atoms with van der Waals surface area (Å²) in [6, 6.07) is 18.8. The number of benzene rings is 3. The molecule has 5 heteroatoms. The summed E-state index contributed by atoms with van der Waals surface area (Å²) < 4.78 is 0.252. The maximum Gasteiger partial charge on any atom is 0.351 e. The lowest BCUT2D eigenvalue weighted by Gasteiger charge is -2.44. The number of nitrogens with one attached hydrogen (secondary N) is 1. The Labute approximate surface area is 208 Å². The Kier molecular flexibility index (Phi) is 6.72. The summed E-state index contributed by atoms with van der Waals surface area (Å²) in [6.45, 7) is 7.96. The minimum Gasteiger partial charge on any atom is -0.339 e. The summed E-state index contributed by atoms with van der Waals surface area (Å²) in [7, 11) is 0. The van der Waals surface area contributed by atoms with Crippen molar-refractivity contribution >= 4 is 33.4 Å². The van der Waals surface area contributed by atoms with Gasteiger partial charge in [-0.15, -0.1) is 0 Å². The van der Waals surface area contributed by atoms with E-state index in [9.17, 15) is 9.59 Å². The first-order valence-corrected chi connectivity index (χ1v) is 13.1. The summed E-state index contributed by atoms with van der Waals surface area (Å²) in [5, 5.41) is 7.62. The van der Waals surface area contributed by atoms with Crippen LogP contribution in [0, 0.1) is 0 Å². The van der Waals surface area contributed by atoms with Crippen LogP contribution in [0.2, 0.25) is 0 Å². The van der Waals surface area contributed by atoms with E-state index in [1.807, 2.05) is 43.0 Å². The van der Waals surface area contributed by atoms with Crippen molar-refractivity contribution in [1.82, 2.24) is 10.2 Å². The molecular weight excluding hydrogens is 434 g/mol. The van der Waals surface area contributed by atoms with Crippen molar-refractivity contribution < 1.29 is 14.1 Å². The monoisotopic (exact) mass is 470 g/mol. The average molecular weight is 471 g/mol. The van der Waals surface area contributed by atoms with E-state index in [1.54, 1.807) is 0 Å². The van der Waals surface area contributed by atoms with Crippen molar-refractivity contribution in [3.05, 3.63) is 71.9 Å². The van der Waals surface area contributed by atoms with E-state index in [0.29, 0.717) is 13.1 Å². The van der Waals surface area contributed by atoms with Crippen LogP contribution in [0.25, 0.3) is 21.5 Å². The first kappa shape index (κ1) is 23.7. The lowest BCUT2D eigenvalue weighted by atomic mass is 9.91. The smallest absolute Gasteiger partial charge is 0.339 e. The van der Waals surface area contributed by atoms with Crippen LogP contribution in [0.15, 0.2) is 66.4 Å². The van der Waals surface area contributed by atoms with Crippen LogP contribution < -0.4 is 5.32 Å². The third kappa shape index (κ3) is 4.17. The minimum atomic E-state index is 0.0849. The highest BCUT2D eigenvalue weighted by atomic mass is 16.2. The molecule has 0 radical (unpaired) electrons. The molecule has 1 fully saturated rings. The number of hydrogen-bond donors (Lipinski definition) is 1. The third-order valence-corrected chi connectivity index (χ3v) is 8.01. The largest absolute Gasteiger partial charge is 0.351 e. The number of carbonyl (C=O) groups excluding carboxylic acids is 2. The van der Waals surface area contributed by atoms with Crippen molar-refractivity contribution in [2.75, 3.05) is 32.7 Å². The Hall–Kier alpha value is -3.02. The first-order chi connectivity index (χ1) is 17.1. The highest BCUT2D eigenvalue weighted by molar-refractivity contribution is 6.16. The van der Waals surface area contributed by atoms with E-state index in [1.165, 1.54) is 0 Å². The van der Waals surface area contributed by atoms with E-state index in [-0.39, 0.29) is 22.3 Å². The zero-order chi connectivity index (χ0) is 24.4. The molecule has 1 N–H and O–H groups in total. The van der Waals surface area contributed by atoms with Crippen molar-refractivity contribution in [2.45, 2.75) is 45.6 Å². The number of likely N-dealkylation sites (N-methyl/N-ethyl adjacent to an activating group) is 1. The van der Waals surface area contributed by atoms with Crippen LogP contribution >= 0.6 is 0 Å². The Bertz CT molecular complexity index is 1230. The molecule has 2 aliphatic heterocycles. The quantitative estimate of drug-likeness (QED) is 0.409. The molecule has 0 aliphatic carbocycles. The molecule has 1 unspecified atom stereocenters. The van der Waals surface area contributed by atoms with Crippen LogP contribution in [0.5, 0.6) is 0 Å². The standard InChI is InChI=1S/C30H36N3O2/c1-3-32(4-2)29(34)24-12-9-19-33(21-24,25-15-17-31-18-16-25)30(35)28-26-13-7-5-10-22(26)20-23-11-6-8-14-27(23)28/h5-8,10-11,13-14,20-21,25,31H,3-4,9,12,15-19H2,1-2H3/q+1. The zero-order valence-electron chi connectivity index (χ0n) is 20.9. The van der Waals surface area contributed by atoms with E-state index >= 15 is 0 Å². The second-order valence-electron chi connectivity index (χ2n) is 9.87. The molecule has 1 atom stereocenters. The summed E-state index contributed by atoms with van der Waals surface area (Å²) in [5.74, 6) is 0.219. The predicted molar refractivity (Wildman–Crippen MR) is 142 cm³/mol. The predicted octanol–water partition coefficient (Wildman–Crippen LogP) is 5.25. The molecule has 5 nitrogen and oxygen atoms in total. The second-order valence-corrected chi connectivity index (χ2v) is 9.87. The molecule has 1 saturated heterocycles. The molecular formula is C30H36N3O2+. The Morgan fingerprint density at radius 2 is 1.54 bits per heavy atom. The fourth-order valence-electron chi connectivity index (χ4n) is 6.15. The molecule has 35 heavy (non-hydrogen) atoms. The zero-order valence-corrected chi connectivity index (χ0v) is 20.9. The third-order valence-electron chi connectivity index (χ3n) is 8.01. The molecule has 5 rings (SSSR count). The summed E-state index contributed by atoms with van der Waals surface area (Å²) >= 11 is 0. The molecule has 0 saturated carbocycles. The van der Waals surface area contributed by atoms with Gasteiger partial charge in [0.1, 0.15) is 12.2 Å². The molecule has 2 amide bonds. The number of amides is 2. The molecule has 0 bridgehead atoms. The van der Waals surface area contributed by atoms with Crippen molar-refractivity contribution in [3.63, 3.8) is 0 Å². The number of piperidine rings is 1. The lowest BCUT2D eigenvalue weighted by Crippen LogP contribution is -2.60. The van der Waals surface area contributed by atoms with Crippen LogP contribution in [-0.4, -0.2) is 60.0 Å². The van der Waals surface area contributed by atoms with Gasteiger partial charge in [-0.1, -0.05) is 48.5 Å². The normalized spacial score (nSPS) is 21.1. The Balaban J connectivity index is 1.73. The molecule has 3 aromatic rings. The summed E-state index contributed by atoms with van der Waals surface area (Å²) in [4.78, 5) is 30.2. The maximum absolute atomic E-state index is 14.9. The highest BCUT2D eigenvalue weighted by Crippen LogP contribution is 2.37. The first-order valence-electron chi connectivity index (χ1n) is 13.1. The Morgan fingerprint density at radius 1 is 0.943 bits per heavy atom. The number of nitrogens with zero attached hydrogens (tertiary/aromatic N) is 2. The van der Waals surface area contributed by atoms with Gasteiger partial charge in [0.15, 0.2) is 0 Å². The highest BCUT2D eigenvalue weighted by Gasteiger charge is 2.47. The second kappa shape index (κ2) is 9.92. The van der Waals surface area contributed by atoms with Gasteiger partial charge in [-0.05, 0) is 47.9 Å². The van der Waals surface area contributed by atoms with E-state index in [0.717, 1.165) is 78.0 Å². The molecule has 182 valence electrons. The van der Waals surface area contributed by atoms with E-state index in [4.69, 9.17) is 0 Å². The van der Waals surface area contributed by atoms with Gasteiger partial charge in [-0.25, -0.2) is 9.28 Å².